The van der Waals surface area contributed by atoms with Crippen LogP contribution in [-0.2, 0) is 4.74 Å². The third-order valence-electron chi connectivity index (χ3n) is 5.05. The molecule has 124 valence electrons. The van der Waals surface area contributed by atoms with Crippen molar-refractivity contribution in [3.05, 3.63) is 0 Å². The zero-order valence-electron chi connectivity index (χ0n) is 13.5. The molecule has 0 aromatic rings. The Bertz CT molecular complexity index is 344. The van der Waals surface area contributed by atoms with Gasteiger partial charge in [0, 0.05) is 36.6 Å². The van der Waals surface area contributed by atoms with Crippen LogP contribution in [0.15, 0.2) is 4.99 Å². The van der Waals surface area contributed by atoms with Gasteiger partial charge in [-0.3, -0.25) is 0 Å². The van der Waals surface area contributed by atoms with E-state index < -0.39 is 0 Å². The van der Waals surface area contributed by atoms with Gasteiger partial charge in [-0.15, -0.1) is 24.0 Å². The zero-order valence-corrected chi connectivity index (χ0v) is 16.7. The summed E-state index contributed by atoms with van der Waals surface area (Å²) in [4.78, 5) is 7.10. The summed E-state index contributed by atoms with van der Waals surface area (Å²) in [6.07, 6.45) is 3.62. The maximum atomic E-state index is 6.23. The molecule has 1 aliphatic carbocycles. The van der Waals surface area contributed by atoms with Gasteiger partial charge in [0.2, 0.25) is 0 Å². The number of nitrogens with two attached hydrogens (primary N) is 1. The van der Waals surface area contributed by atoms with E-state index in [1.54, 1.807) is 0 Å². The molecule has 6 heteroatoms. The third kappa shape index (κ3) is 3.99. The van der Waals surface area contributed by atoms with E-state index in [1.807, 2.05) is 11.8 Å². The van der Waals surface area contributed by atoms with Gasteiger partial charge in [-0.1, -0.05) is 13.8 Å². The van der Waals surface area contributed by atoms with Crippen molar-refractivity contribution < 1.29 is 4.74 Å². The van der Waals surface area contributed by atoms with E-state index in [0.29, 0.717) is 12.1 Å². The second kappa shape index (κ2) is 8.82. The standard InChI is InChI=1S/C15H29N3OS.HI/c1-4-15(5-2)12(11-13(15)19-6-3)17-14(16)18-7-9-20-10-8-18;/h12-13H,4-11H2,1-3H3,(H2,16,17);1H. The number of thioether (sulfide) groups is 1. The first-order chi connectivity index (χ1) is 9.67. The summed E-state index contributed by atoms with van der Waals surface area (Å²) in [5.41, 5.74) is 6.43. The van der Waals surface area contributed by atoms with Crippen molar-refractivity contribution in [3.63, 3.8) is 0 Å². The van der Waals surface area contributed by atoms with E-state index in [4.69, 9.17) is 15.5 Å². The molecule has 1 saturated carbocycles. The molecule has 1 heterocycles. The molecule has 0 spiro atoms. The number of nitrogens with zero attached hydrogens (tertiary/aromatic N) is 2. The molecule has 0 amide bonds. The number of halogens is 1. The van der Waals surface area contributed by atoms with Crippen molar-refractivity contribution in [2.24, 2.45) is 16.1 Å². The molecule has 0 aromatic carbocycles. The SMILES string of the molecule is CCOC1CC(N=C(N)N2CCSCC2)C1(CC)CC.I. The Kier molecular flexibility index (Phi) is 8.13. The lowest BCUT2D eigenvalue weighted by Crippen LogP contribution is -2.58. The molecule has 2 atom stereocenters. The Hall–Kier alpha value is 0.310. The van der Waals surface area contributed by atoms with Gasteiger partial charge in [0.15, 0.2) is 5.96 Å². The van der Waals surface area contributed by atoms with E-state index >= 15 is 0 Å². The smallest absolute Gasteiger partial charge is 0.191 e. The minimum Gasteiger partial charge on any atom is -0.378 e. The van der Waals surface area contributed by atoms with Gasteiger partial charge in [0.1, 0.15) is 0 Å². The van der Waals surface area contributed by atoms with Crippen molar-refractivity contribution in [3.8, 4) is 0 Å². The average molecular weight is 427 g/mol. The van der Waals surface area contributed by atoms with Crippen LogP contribution in [0.1, 0.15) is 40.0 Å². The van der Waals surface area contributed by atoms with Crippen LogP contribution >= 0.6 is 35.7 Å². The Morgan fingerprint density at radius 2 is 1.90 bits per heavy atom. The van der Waals surface area contributed by atoms with E-state index in [2.05, 4.69) is 25.7 Å². The molecule has 2 aliphatic rings. The zero-order chi connectivity index (χ0) is 14.6. The number of hydrogen-bond donors (Lipinski definition) is 1. The monoisotopic (exact) mass is 427 g/mol. The Labute approximate surface area is 150 Å². The van der Waals surface area contributed by atoms with Crippen LogP contribution in [-0.4, -0.2) is 54.2 Å². The highest BCUT2D eigenvalue weighted by atomic mass is 127. The molecule has 0 radical (unpaired) electrons. The summed E-state index contributed by atoms with van der Waals surface area (Å²) < 4.78 is 5.91. The highest BCUT2D eigenvalue weighted by Crippen LogP contribution is 2.50. The molecule has 0 aromatic heterocycles. The molecule has 1 saturated heterocycles. The Morgan fingerprint density at radius 3 is 2.43 bits per heavy atom. The van der Waals surface area contributed by atoms with Crippen LogP contribution in [0, 0.1) is 5.41 Å². The molecular weight excluding hydrogens is 397 g/mol. The molecule has 0 bridgehead atoms. The Balaban J connectivity index is 0.00000220. The molecule has 21 heavy (non-hydrogen) atoms. The summed E-state index contributed by atoms with van der Waals surface area (Å²) >= 11 is 2.00. The quantitative estimate of drug-likeness (QED) is 0.417. The molecule has 2 unspecified atom stereocenters. The predicted molar refractivity (Wildman–Crippen MR) is 103 cm³/mol. The van der Waals surface area contributed by atoms with Crippen LogP contribution in [0.5, 0.6) is 0 Å². The van der Waals surface area contributed by atoms with Gasteiger partial charge >= 0.3 is 0 Å². The lowest BCUT2D eigenvalue weighted by molar-refractivity contribution is -0.127. The fourth-order valence-electron chi connectivity index (χ4n) is 3.55. The average Bonchev–Trinajstić information content (AvgIpc) is 2.48. The summed E-state index contributed by atoms with van der Waals surface area (Å²) in [6, 6.07) is 0.337. The number of aliphatic imine (C=N–C) groups is 1. The minimum absolute atomic E-state index is 0. The summed E-state index contributed by atoms with van der Waals surface area (Å²) in [6.45, 7) is 9.45. The maximum absolute atomic E-state index is 6.23. The van der Waals surface area contributed by atoms with Crippen molar-refractivity contribution >= 4 is 41.7 Å². The van der Waals surface area contributed by atoms with Crippen molar-refractivity contribution in [1.82, 2.24) is 4.90 Å². The molecule has 2 rings (SSSR count). The Morgan fingerprint density at radius 1 is 1.29 bits per heavy atom. The van der Waals surface area contributed by atoms with Crippen molar-refractivity contribution in [2.75, 3.05) is 31.2 Å². The van der Waals surface area contributed by atoms with Crippen molar-refractivity contribution in [1.29, 1.82) is 0 Å². The number of ether oxygens (including phenoxy) is 1. The lowest BCUT2D eigenvalue weighted by atomic mass is 9.59. The first kappa shape index (κ1) is 19.4. The first-order valence-corrected chi connectivity index (χ1v) is 9.11. The normalized spacial score (nSPS) is 28.7. The van der Waals surface area contributed by atoms with Crippen LogP contribution in [0.25, 0.3) is 0 Å². The fraction of sp³-hybridized carbons (Fsp3) is 0.933. The van der Waals surface area contributed by atoms with Gasteiger partial charge in [-0.05, 0) is 26.2 Å². The van der Waals surface area contributed by atoms with Gasteiger partial charge in [-0.25, -0.2) is 4.99 Å². The second-order valence-electron chi connectivity index (χ2n) is 5.72. The minimum atomic E-state index is 0. The predicted octanol–water partition coefficient (Wildman–Crippen LogP) is 2.95. The van der Waals surface area contributed by atoms with Gasteiger partial charge in [-0.2, -0.15) is 11.8 Å². The molecule has 4 nitrogen and oxygen atoms in total. The molecule has 1 aliphatic heterocycles. The van der Waals surface area contributed by atoms with E-state index in [1.165, 1.54) is 0 Å². The van der Waals surface area contributed by atoms with Crippen LogP contribution in [0.4, 0.5) is 0 Å². The molecular formula is C15H30IN3OS. The van der Waals surface area contributed by atoms with Gasteiger partial charge in [0.05, 0.1) is 12.1 Å². The third-order valence-corrected chi connectivity index (χ3v) is 5.99. The van der Waals surface area contributed by atoms with E-state index in [9.17, 15) is 0 Å². The highest BCUT2D eigenvalue weighted by Gasteiger charge is 2.53. The van der Waals surface area contributed by atoms with E-state index in [-0.39, 0.29) is 29.4 Å². The second-order valence-corrected chi connectivity index (χ2v) is 6.95. The maximum Gasteiger partial charge on any atom is 0.191 e. The summed E-state index contributed by atoms with van der Waals surface area (Å²) in [5.74, 6) is 3.07. The largest absolute Gasteiger partial charge is 0.378 e. The first-order valence-electron chi connectivity index (χ1n) is 7.95. The van der Waals surface area contributed by atoms with Crippen molar-refractivity contribution in [2.45, 2.75) is 52.2 Å². The molecule has 2 N–H and O–H groups in total. The summed E-state index contributed by atoms with van der Waals surface area (Å²) in [7, 11) is 0. The fourth-order valence-corrected chi connectivity index (χ4v) is 4.46. The highest BCUT2D eigenvalue weighted by molar-refractivity contribution is 14.0. The van der Waals surface area contributed by atoms with Crippen LogP contribution in [0.3, 0.4) is 0 Å². The number of guanidine groups is 1. The van der Waals surface area contributed by atoms with E-state index in [0.717, 1.165) is 56.4 Å². The van der Waals surface area contributed by atoms with Gasteiger partial charge in [0.25, 0.3) is 0 Å². The number of rotatable bonds is 5. The van der Waals surface area contributed by atoms with Gasteiger partial charge < -0.3 is 15.4 Å². The summed E-state index contributed by atoms with van der Waals surface area (Å²) in [5, 5.41) is 0. The van der Waals surface area contributed by atoms with Crippen LogP contribution < -0.4 is 5.73 Å². The topological polar surface area (TPSA) is 50.9 Å². The molecule has 2 fully saturated rings. The lowest BCUT2D eigenvalue weighted by Gasteiger charge is -2.53. The number of hydrogen-bond acceptors (Lipinski definition) is 3. The van der Waals surface area contributed by atoms with Crippen LogP contribution in [0.2, 0.25) is 0 Å².